The van der Waals surface area contributed by atoms with Crippen LogP contribution in [0.1, 0.15) is 19.4 Å². The molecule has 24 heavy (non-hydrogen) atoms. The van der Waals surface area contributed by atoms with Crippen LogP contribution >= 0.6 is 0 Å². The Kier molecular flexibility index (Phi) is 4.01. The highest BCUT2D eigenvalue weighted by atomic mass is 16.5. The molecule has 0 saturated carbocycles. The quantitative estimate of drug-likeness (QED) is 0.882. The molecule has 0 spiro atoms. The van der Waals surface area contributed by atoms with E-state index in [4.69, 9.17) is 4.74 Å². The van der Waals surface area contributed by atoms with E-state index in [-0.39, 0.29) is 11.8 Å². The number of nitrogens with zero attached hydrogens (tertiary/aromatic N) is 1. The number of hydrogen-bond donors (Lipinski definition) is 1. The second kappa shape index (κ2) is 6.00. The number of rotatable bonds is 3. The second-order valence-corrected chi connectivity index (χ2v) is 6.37. The smallest absolute Gasteiger partial charge is 0.241 e. The van der Waals surface area contributed by atoms with E-state index in [1.807, 2.05) is 36.4 Å². The fourth-order valence-electron chi connectivity index (χ4n) is 2.68. The fourth-order valence-corrected chi connectivity index (χ4v) is 2.68. The van der Waals surface area contributed by atoms with Crippen LogP contribution in [0.3, 0.4) is 0 Å². The third-order valence-corrected chi connectivity index (χ3v) is 4.25. The lowest BCUT2D eigenvalue weighted by atomic mass is 9.91. The standard InChI is InChI=1S/C19H20N2O3/c1-19(2)17(22)20-16-14(21(3)18(19)23)10-7-11-15(16)24-12-13-8-5-4-6-9-13/h4-11H,12H2,1-3H3,(H,20,22). The van der Waals surface area contributed by atoms with Gasteiger partial charge in [-0.15, -0.1) is 0 Å². The lowest BCUT2D eigenvalue weighted by molar-refractivity contribution is -0.136. The van der Waals surface area contributed by atoms with Crippen LogP contribution in [-0.2, 0) is 16.2 Å². The highest BCUT2D eigenvalue weighted by molar-refractivity contribution is 6.19. The number of para-hydroxylation sites is 1. The number of nitrogens with one attached hydrogen (secondary N) is 1. The van der Waals surface area contributed by atoms with Crippen LogP contribution in [0.2, 0.25) is 0 Å². The van der Waals surface area contributed by atoms with Gasteiger partial charge < -0.3 is 15.0 Å². The third kappa shape index (κ3) is 2.73. The molecule has 0 unspecified atom stereocenters. The predicted molar refractivity (Wildman–Crippen MR) is 93.0 cm³/mol. The fraction of sp³-hybridized carbons (Fsp3) is 0.263. The Balaban J connectivity index is 1.95. The van der Waals surface area contributed by atoms with Gasteiger partial charge in [-0.25, -0.2) is 0 Å². The largest absolute Gasteiger partial charge is 0.487 e. The molecule has 5 nitrogen and oxygen atoms in total. The molecule has 1 aliphatic heterocycles. The highest BCUT2D eigenvalue weighted by Crippen LogP contribution is 2.40. The topological polar surface area (TPSA) is 58.6 Å². The number of benzene rings is 2. The molecule has 0 radical (unpaired) electrons. The highest BCUT2D eigenvalue weighted by Gasteiger charge is 2.42. The zero-order valence-corrected chi connectivity index (χ0v) is 14.0. The molecule has 1 aliphatic rings. The molecule has 3 rings (SSSR count). The van der Waals surface area contributed by atoms with Crippen molar-refractivity contribution < 1.29 is 14.3 Å². The van der Waals surface area contributed by atoms with Crippen LogP contribution in [0.5, 0.6) is 5.75 Å². The van der Waals surface area contributed by atoms with E-state index in [2.05, 4.69) is 5.32 Å². The molecule has 124 valence electrons. The molecule has 2 aromatic rings. The van der Waals surface area contributed by atoms with Crippen molar-refractivity contribution in [2.45, 2.75) is 20.5 Å². The van der Waals surface area contributed by atoms with Crippen molar-refractivity contribution in [2.75, 3.05) is 17.3 Å². The number of anilines is 2. The van der Waals surface area contributed by atoms with Gasteiger partial charge in [-0.2, -0.15) is 0 Å². The summed E-state index contributed by atoms with van der Waals surface area (Å²) in [6, 6.07) is 15.2. The minimum atomic E-state index is -1.13. The van der Waals surface area contributed by atoms with Crippen LogP contribution in [-0.4, -0.2) is 18.9 Å². The summed E-state index contributed by atoms with van der Waals surface area (Å²) < 4.78 is 5.89. The van der Waals surface area contributed by atoms with Crippen molar-refractivity contribution in [2.24, 2.45) is 5.41 Å². The molecule has 0 atom stereocenters. The first-order valence-corrected chi connectivity index (χ1v) is 7.80. The number of amides is 2. The van der Waals surface area contributed by atoms with Gasteiger partial charge in [-0.05, 0) is 31.5 Å². The Morgan fingerprint density at radius 2 is 1.75 bits per heavy atom. The number of hydrogen-bond acceptors (Lipinski definition) is 3. The molecule has 1 heterocycles. The average Bonchev–Trinajstić information content (AvgIpc) is 2.65. The maximum absolute atomic E-state index is 12.6. The molecule has 0 fully saturated rings. The summed E-state index contributed by atoms with van der Waals surface area (Å²) in [5.41, 5.74) is 1.05. The Morgan fingerprint density at radius 3 is 2.46 bits per heavy atom. The van der Waals surface area contributed by atoms with Gasteiger partial charge in [0.2, 0.25) is 11.8 Å². The maximum atomic E-state index is 12.6. The van der Waals surface area contributed by atoms with E-state index in [1.54, 1.807) is 33.0 Å². The van der Waals surface area contributed by atoms with Crippen LogP contribution < -0.4 is 15.0 Å². The van der Waals surface area contributed by atoms with Crippen molar-refractivity contribution >= 4 is 23.2 Å². The van der Waals surface area contributed by atoms with Crippen molar-refractivity contribution in [1.82, 2.24) is 0 Å². The molecule has 1 N–H and O–H groups in total. The van der Waals surface area contributed by atoms with Crippen LogP contribution in [0, 0.1) is 5.41 Å². The van der Waals surface area contributed by atoms with Gasteiger partial charge in [0.25, 0.3) is 0 Å². The summed E-state index contributed by atoms with van der Waals surface area (Å²) >= 11 is 0. The van der Waals surface area contributed by atoms with Gasteiger partial charge in [0.15, 0.2) is 0 Å². The van der Waals surface area contributed by atoms with Crippen molar-refractivity contribution in [1.29, 1.82) is 0 Å². The average molecular weight is 324 g/mol. The first-order valence-electron chi connectivity index (χ1n) is 7.80. The molecule has 0 aliphatic carbocycles. The van der Waals surface area contributed by atoms with Gasteiger partial charge in [-0.3, -0.25) is 9.59 Å². The van der Waals surface area contributed by atoms with Gasteiger partial charge in [0.05, 0.1) is 5.69 Å². The summed E-state index contributed by atoms with van der Waals surface area (Å²) in [6.07, 6.45) is 0. The Labute approximate surface area is 141 Å². The number of carbonyl (C=O) groups excluding carboxylic acids is 2. The van der Waals surface area contributed by atoms with E-state index in [9.17, 15) is 9.59 Å². The Hall–Kier alpha value is -2.82. The molecule has 0 aromatic heterocycles. The first kappa shape index (κ1) is 16.1. The van der Waals surface area contributed by atoms with E-state index in [0.717, 1.165) is 5.56 Å². The molecule has 0 bridgehead atoms. The summed E-state index contributed by atoms with van der Waals surface area (Å²) in [4.78, 5) is 26.5. The van der Waals surface area contributed by atoms with Crippen LogP contribution in [0.15, 0.2) is 48.5 Å². The Morgan fingerprint density at radius 1 is 1.04 bits per heavy atom. The van der Waals surface area contributed by atoms with Crippen molar-refractivity contribution in [3.8, 4) is 5.75 Å². The van der Waals surface area contributed by atoms with Gasteiger partial charge in [0, 0.05) is 7.05 Å². The third-order valence-electron chi connectivity index (χ3n) is 4.25. The zero-order valence-electron chi connectivity index (χ0n) is 14.0. The van der Waals surface area contributed by atoms with Crippen molar-refractivity contribution in [3.05, 3.63) is 54.1 Å². The number of carbonyl (C=O) groups is 2. The maximum Gasteiger partial charge on any atom is 0.241 e. The van der Waals surface area contributed by atoms with Gasteiger partial charge in [0.1, 0.15) is 23.5 Å². The second-order valence-electron chi connectivity index (χ2n) is 6.37. The molecular weight excluding hydrogens is 304 g/mol. The Bertz CT molecular complexity index is 784. The van der Waals surface area contributed by atoms with Gasteiger partial charge >= 0.3 is 0 Å². The van der Waals surface area contributed by atoms with E-state index in [1.165, 1.54) is 4.90 Å². The summed E-state index contributed by atoms with van der Waals surface area (Å²) in [7, 11) is 1.67. The SMILES string of the molecule is CN1C(=O)C(C)(C)C(=O)Nc2c(OCc3ccccc3)cccc21. The number of fused-ring (bicyclic) bond motifs is 1. The lowest BCUT2D eigenvalue weighted by Gasteiger charge is -2.24. The van der Waals surface area contributed by atoms with Gasteiger partial charge in [-0.1, -0.05) is 36.4 Å². The molecule has 2 aromatic carbocycles. The molecular formula is C19H20N2O3. The first-order chi connectivity index (χ1) is 11.4. The van der Waals surface area contributed by atoms with E-state index >= 15 is 0 Å². The summed E-state index contributed by atoms with van der Waals surface area (Å²) in [6.45, 7) is 3.63. The lowest BCUT2D eigenvalue weighted by Crippen LogP contribution is -2.43. The molecule has 0 saturated heterocycles. The number of ether oxygens (including phenoxy) is 1. The van der Waals surface area contributed by atoms with E-state index in [0.29, 0.717) is 23.7 Å². The van der Waals surface area contributed by atoms with E-state index < -0.39 is 5.41 Å². The minimum absolute atomic E-state index is 0.251. The molecule has 2 amide bonds. The molecule has 5 heteroatoms. The normalized spacial score (nSPS) is 16.2. The van der Waals surface area contributed by atoms with Crippen molar-refractivity contribution in [3.63, 3.8) is 0 Å². The zero-order chi connectivity index (χ0) is 17.3. The summed E-state index contributed by atoms with van der Waals surface area (Å²) in [5, 5.41) is 2.85. The summed E-state index contributed by atoms with van der Waals surface area (Å²) in [5.74, 6) is -0.0464. The van der Waals surface area contributed by atoms with Crippen LogP contribution in [0.4, 0.5) is 11.4 Å². The predicted octanol–water partition coefficient (Wildman–Crippen LogP) is 3.21. The minimum Gasteiger partial charge on any atom is -0.487 e. The van der Waals surface area contributed by atoms with Crippen LogP contribution in [0.25, 0.3) is 0 Å². The monoisotopic (exact) mass is 324 g/mol.